The number of aromatic amines is 1. The Morgan fingerprint density at radius 2 is 1.88 bits per heavy atom. The maximum Gasteiger partial charge on any atom is 0.261 e. The third-order valence-electron chi connectivity index (χ3n) is 6.13. The Balaban J connectivity index is 1.38. The Morgan fingerprint density at radius 1 is 1.09 bits per heavy atom. The van der Waals surface area contributed by atoms with Crippen LogP contribution >= 0.6 is 0 Å². The number of aromatic nitrogens is 3. The number of ether oxygens (including phenoxy) is 1. The lowest BCUT2D eigenvalue weighted by Gasteiger charge is -2.32. The van der Waals surface area contributed by atoms with Gasteiger partial charge in [0.05, 0.1) is 17.8 Å². The second-order valence-electron chi connectivity index (χ2n) is 8.36. The third kappa shape index (κ3) is 3.94. The first-order chi connectivity index (χ1) is 15.6. The standard InChI is InChI=1S/C24H28N6O2/c1-28-11-13-29(14-12-28)10-5-15-32-18-8-9-20-19(16-18)22-21(24(31)26-20)23(25)30(27-22)17-6-3-2-4-7-17/h2-4,6-9,16H,5,10-15,25H2,1H3,(H,26,31). The SMILES string of the molecule is CN1CCN(CCCOc2ccc3[nH]c(=O)c4c(N)n(-c5ccccc5)nc4c3c2)CC1. The number of nitrogens with one attached hydrogen (secondary N) is 1. The van der Waals surface area contributed by atoms with Gasteiger partial charge in [0.1, 0.15) is 22.5 Å². The first-order valence-corrected chi connectivity index (χ1v) is 11.0. The number of benzene rings is 2. The summed E-state index contributed by atoms with van der Waals surface area (Å²) in [7, 11) is 2.17. The summed E-state index contributed by atoms with van der Waals surface area (Å²) < 4.78 is 7.65. The lowest BCUT2D eigenvalue weighted by molar-refractivity contribution is 0.145. The molecule has 8 heteroatoms. The van der Waals surface area contributed by atoms with E-state index in [2.05, 4.69) is 26.9 Å². The number of nitrogens with two attached hydrogens (primary N) is 1. The summed E-state index contributed by atoms with van der Waals surface area (Å²) in [5.41, 5.74) is 8.18. The first-order valence-electron chi connectivity index (χ1n) is 11.0. The Kier molecular flexibility index (Phi) is 5.55. The average Bonchev–Trinajstić information content (AvgIpc) is 3.17. The summed E-state index contributed by atoms with van der Waals surface area (Å²) in [6.07, 6.45) is 0.971. The number of hydrogen-bond donors (Lipinski definition) is 2. The van der Waals surface area contributed by atoms with Crippen LogP contribution in [-0.4, -0.2) is 70.9 Å². The fourth-order valence-electron chi connectivity index (χ4n) is 4.26. The summed E-state index contributed by atoms with van der Waals surface area (Å²) in [6.45, 7) is 6.16. The number of rotatable bonds is 6. The largest absolute Gasteiger partial charge is 0.494 e. The van der Waals surface area contributed by atoms with Crippen molar-refractivity contribution in [1.29, 1.82) is 0 Å². The number of para-hydroxylation sites is 1. The molecule has 8 nitrogen and oxygen atoms in total. The van der Waals surface area contributed by atoms with E-state index < -0.39 is 0 Å². The van der Waals surface area contributed by atoms with E-state index in [-0.39, 0.29) is 5.56 Å². The molecule has 1 aliphatic heterocycles. The summed E-state index contributed by atoms with van der Waals surface area (Å²) in [5, 5.41) is 5.90. The molecule has 1 fully saturated rings. The minimum Gasteiger partial charge on any atom is -0.494 e. The molecular weight excluding hydrogens is 404 g/mol. The molecule has 0 unspecified atom stereocenters. The zero-order valence-electron chi connectivity index (χ0n) is 18.3. The molecule has 2 aromatic carbocycles. The zero-order valence-corrected chi connectivity index (χ0v) is 18.3. The van der Waals surface area contributed by atoms with Crippen molar-refractivity contribution in [3.05, 3.63) is 58.9 Å². The topological polar surface area (TPSA) is 92.4 Å². The van der Waals surface area contributed by atoms with Gasteiger partial charge in [-0.1, -0.05) is 18.2 Å². The van der Waals surface area contributed by atoms with Crippen molar-refractivity contribution in [2.75, 3.05) is 52.1 Å². The number of fused-ring (bicyclic) bond motifs is 3. The predicted molar refractivity (Wildman–Crippen MR) is 128 cm³/mol. The van der Waals surface area contributed by atoms with Gasteiger partial charge in [0.15, 0.2) is 0 Å². The lowest BCUT2D eigenvalue weighted by atomic mass is 10.1. The number of anilines is 1. The first kappa shape index (κ1) is 20.5. The third-order valence-corrected chi connectivity index (χ3v) is 6.13. The van der Waals surface area contributed by atoms with Crippen molar-refractivity contribution in [3.63, 3.8) is 0 Å². The van der Waals surface area contributed by atoms with Gasteiger partial charge in [0, 0.05) is 38.1 Å². The van der Waals surface area contributed by atoms with Crippen LogP contribution in [0.1, 0.15) is 6.42 Å². The lowest BCUT2D eigenvalue weighted by Crippen LogP contribution is -2.44. The van der Waals surface area contributed by atoms with Gasteiger partial charge in [-0.3, -0.25) is 4.79 Å². The van der Waals surface area contributed by atoms with E-state index in [1.54, 1.807) is 4.68 Å². The quantitative estimate of drug-likeness (QED) is 0.455. The van der Waals surface area contributed by atoms with Crippen LogP contribution in [0.2, 0.25) is 0 Å². The maximum atomic E-state index is 12.7. The maximum absolute atomic E-state index is 12.7. The van der Waals surface area contributed by atoms with E-state index >= 15 is 0 Å². The summed E-state index contributed by atoms with van der Waals surface area (Å²) in [4.78, 5) is 20.5. The molecule has 3 N–H and O–H groups in total. The normalized spacial score (nSPS) is 15.5. The van der Waals surface area contributed by atoms with Crippen molar-refractivity contribution in [3.8, 4) is 11.4 Å². The molecule has 4 aromatic rings. The second-order valence-corrected chi connectivity index (χ2v) is 8.36. The van der Waals surface area contributed by atoms with Crippen LogP contribution in [0.5, 0.6) is 5.75 Å². The van der Waals surface area contributed by atoms with E-state index in [0.717, 1.165) is 56.0 Å². The van der Waals surface area contributed by atoms with Crippen molar-refractivity contribution >= 4 is 27.6 Å². The number of likely N-dealkylation sites (N-methyl/N-ethyl adjacent to an activating group) is 1. The highest BCUT2D eigenvalue weighted by Gasteiger charge is 2.17. The molecule has 166 valence electrons. The summed E-state index contributed by atoms with van der Waals surface area (Å²) >= 11 is 0. The predicted octanol–water partition coefficient (Wildman–Crippen LogP) is 2.47. The van der Waals surface area contributed by atoms with Crippen LogP contribution in [0, 0.1) is 0 Å². The Hall–Kier alpha value is -3.36. The molecule has 0 aliphatic carbocycles. The molecule has 0 bridgehead atoms. The highest BCUT2D eigenvalue weighted by atomic mass is 16.5. The molecule has 0 amide bonds. The molecule has 3 heterocycles. The van der Waals surface area contributed by atoms with Crippen LogP contribution in [0.3, 0.4) is 0 Å². The molecule has 0 atom stereocenters. The van der Waals surface area contributed by atoms with Crippen molar-refractivity contribution in [2.24, 2.45) is 0 Å². The molecule has 0 spiro atoms. The molecule has 1 aliphatic rings. The molecule has 2 aromatic heterocycles. The molecule has 0 radical (unpaired) electrons. The summed E-state index contributed by atoms with van der Waals surface area (Å²) in [6, 6.07) is 15.3. The Labute approximate surface area is 186 Å². The van der Waals surface area contributed by atoms with E-state index in [1.165, 1.54) is 0 Å². The van der Waals surface area contributed by atoms with Gasteiger partial charge in [0.25, 0.3) is 5.56 Å². The van der Waals surface area contributed by atoms with Crippen molar-refractivity contribution in [1.82, 2.24) is 24.6 Å². The molecule has 5 rings (SSSR count). The monoisotopic (exact) mass is 432 g/mol. The fourth-order valence-corrected chi connectivity index (χ4v) is 4.26. The van der Waals surface area contributed by atoms with Gasteiger partial charge in [0.2, 0.25) is 0 Å². The highest BCUT2D eigenvalue weighted by molar-refractivity contribution is 6.07. The van der Waals surface area contributed by atoms with Gasteiger partial charge in [-0.05, 0) is 43.8 Å². The van der Waals surface area contributed by atoms with E-state index in [0.29, 0.717) is 28.8 Å². The van der Waals surface area contributed by atoms with Gasteiger partial charge in [-0.25, -0.2) is 4.68 Å². The highest BCUT2D eigenvalue weighted by Crippen LogP contribution is 2.29. The van der Waals surface area contributed by atoms with E-state index in [4.69, 9.17) is 10.5 Å². The van der Waals surface area contributed by atoms with Crippen LogP contribution in [-0.2, 0) is 0 Å². The Morgan fingerprint density at radius 3 is 2.66 bits per heavy atom. The molecule has 1 saturated heterocycles. The number of H-pyrrole nitrogens is 1. The zero-order chi connectivity index (χ0) is 22.1. The van der Waals surface area contributed by atoms with Crippen LogP contribution < -0.4 is 16.0 Å². The number of hydrogen-bond acceptors (Lipinski definition) is 6. The Bertz CT molecular complexity index is 1290. The van der Waals surface area contributed by atoms with Crippen LogP contribution in [0.15, 0.2) is 53.3 Å². The average molecular weight is 433 g/mol. The van der Waals surface area contributed by atoms with E-state index in [1.807, 2.05) is 48.5 Å². The van der Waals surface area contributed by atoms with Gasteiger partial charge in [-0.2, -0.15) is 5.10 Å². The number of pyridine rings is 1. The summed E-state index contributed by atoms with van der Waals surface area (Å²) in [5.74, 6) is 1.09. The molecular formula is C24H28N6O2. The number of nitrogens with zero attached hydrogens (tertiary/aromatic N) is 4. The van der Waals surface area contributed by atoms with Crippen LogP contribution in [0.4, 0.5) is 5.82 Å². The minimum atomic E-state index is -0.243. The second kappa shape index (κ2) is 8.64. The number of piperazine rings is 1. The van der Waals surface area contributed by atoms with Gasteiger partial charge >= 0.3 is 0 Å². The van der Waals surface area contributed by atoms with Crippen molar-refractivity contribution in [2.45, 2.75) is 6.42 Å². The van der Waals surface area contributed by atoms with E-state index in [9.17, 15) is 4.79 Å². The number of nitrogen functional groups attached to an aromatic ring is 1. The molecule has 0 saturated carbocycles. The van der Waals surface area contributed by atoms with Gasteiger partial charge in [-0.15, -0.1) is 0 Å². The van der Waals surface area contributed by atoms with Crippen LogP contribution in [0.25, 0.3) is 27.5 Å². The fraction of sp³-hybridized carbons (Fsp3) is 0.333. The van der Waals surface area contributed by atoms with Crippen molar-refractivity contribution < 1.29 is 4.74 Å². The molecule has 32 heavy (non-hydrogen) atoms. The minimum absolute atomic E-state index is 0.243. The van der Waals surface area contributed by atoms with Gasteiger partial charge < -0.3 is 25.3 Å². The smallest absolute Gasteiger partial charge is 0.261 e.